The van der Waals surface area contributed by atoms with Crippen molar-refractivity contribution in [3.8, 4) is 5.75 Å². The van der Waals surface area contributed by atoms with Gasteiger partial charge in [0.15, 0.2) is 6.61 Å². The third kappa shape index (κ3) is 5.44. The second kappa shape index (κ2) is 9.37. The number of rotatable bonds is 9. The number of ether oxygens (including phenoxy) is 1. The van der Waals surface area contributed by atoms with E-state index in [0.717, 1.165) is 34.2 Å². The smallest absolute Gasteiger partial charge is 0.257 e. The van der Waals surface area contributed by atoms with Gasteiger partial charge in [-0.05, 0) is 30.7 Å². The van der Waals surface area contributed by atoms with Gasteiger partial charge in [-0.3, -0.25) is 4.79 Å². The highest BCUT2D eigenvalue weighted by atomic mass is 79.9. The van der Waals surface area contributed by atoms with E-state index >= 15 is 0 Å². The summed E-state index contributed by atoms with van der Waals surface area (Å²) in [6.45, 7) is 5.21. The number of fused-ring (bicyclic) bond motifs is 1. The molecule has 140 valence electrons. The lowest BCUT2D eigenvalue weighted by Crippen LogP contribution is -2.30. The molecule has 3 rings (SSSR count). The van der Waals surface area contributed by atoms with Crippen molar-refractivity contribution >= 4 is 32.9 Å². The molecule has 0 saturated carbocycles. The van der Waals surface area contributed by atoms with E-state index in [2.05, 4.69) is 38.5 Å². The van der Waals surface area contributed by atoms with Crippen molar-refractivity contribution in [1.29, 1.82) is 0 Å². The maximum absolute atomic E-state index is 11.9. The van der Waals surface area contributed by atoms with Gasteiger partial charge in [0.1, 0.15) is 11.6 Å². The topological polar surface area (TPSA) is 56.2 Å². The summed E-state index contributed by atoms with van der Waals surface area (Å²) in [7, 11) is 0. The number of benzene rings is 2. The molecule has 1 N–H and O–H groups in total. The molecule has 2 aromatic carbocycles. The van der Waals surface area contributed by atoms with Crippen LogP contribution in [0.3, 0.4) is 0 Å². The highest BCUT2D eigenvalue weighted by Crippen LogP contribution is 2.19. The number of hydrogen-bond acceptors (Lipinski definition) is 3. The molecule has 1 amide bonds. The Morgan fingerprint density at radius 2 is 1.89 bits per heavy atom. The quantitative estimate of drug-likeness (QED) is 0.523. The van der Waals surface area contributed by atoms with Crippen molar-refractivity contribution in [1.82, 2.24) is 14.9 Å². The SMILES string of the molecule is C=C(Br)Cn1c(CCCNC(=O)COc2ccccc2)nc2ccccc21. The third-order valence-corrected chi connectivity index (χ3v) is 4.33. The van der Waals surface area contributed by atoms with Gasteiger partial charge in [0.05, 0.1) is 17.6 Å². The lowest BCUT2D eigenvalue weighted by molar-refractivity contribution is -0.123. The van der Waals surface area contributed by atoms with E-state index in [9.17, 15) is 4.79 Å². The molecule has 0 atom stereocenters. The molecule has 3 aromatic rings. The van der Waals surface area contributed by atoms with E-state index in [-0.39, 0.29) is 12.5 Å². The summed E-state index contributed by atoms with van der Waals surface area (Å²) in [6.07, 6.45) is 1.57. The molecule has 27 heavy (non-hydrogen) atoms. The molecule has 1 heterocycles. The highest BCUT2D eigenvalue weighted by molar-refractivity contribution is 9.11. The minimum absolute atomic E-state index is 0.0198. The largest absolute Gasteiger partial charge is 0.484 e. The Kier molecular flexibility index (Phi) is 6.65. The van der Waals surface area contributed by atoms with Gasteiger partial charge in [-0.25, -0.2) is 4.98 Å². The molecule has 1 aromatic heterocycles. The van der Waals surface area contributed by atoms with Crippen molar-refractivity contribution in [2.24, 2.45) is 0 Å². The summed E-state index contributed by atoms with van der Waals surface area (Å²) in [6, 6.07) is 17.4. The number of nitrogens with zero attached hydrogens (tertiary/aromatic N) is 2. The first-order valence-corrected chi connectivity index (χ1v) is 9.65. The fourth-order valence-corrected chi connectivity index (χ4v) is 3.11. The zero-order chi connectivity index (χ0) is 19.1. The lowest BCUT2D eigenvalue weighted by Gasteiger charge is -2.09. The van der Waals surface area contributed by atoms with Crippen LogP contribution in [0.25, 0.3) is 11.0 Å². The Morgan fingerprint density at radius 1 is 1.15 bits per heavy atom. The Balaban J connectivity index is 1.50. The van der Waals surface area contributed by atoms with Gasteiger partial charge >= 0.3 is 0 Å². The number of hydrogen-bond donors (Lipinski definition) is 1. The molecule has 0 radical (unpaired) electrons. The van der Waals surface area contributed by atoms with Crippen LogP contribution >= 0.6 is 15.9 Å². The number of halogens is 1. The summed E-state index contributed by atoms with van der Waals surface area (Å²) < 4.78 is 8.50. The number of imidazole rings is 1. The maximum Gasteiger partial charge on any atom is 0.257 e. The first kappa shape index (κ1) is 19.2. The average molecular weight is 428 g/mol. The second-order valence-corrected chi connectivity index (χ2v) is 7.30. The Hall–Kier alpha value is -2.60. The van der Waals surface area contributed by atoms with E-state index in [1.807, 2.05) is 48.5 Å². The summed E-state index contributed by atoms with van der Waals surface area (Å²) in [5.74, 6) is 1.56. The summed E-state index contributed by atoms with van der Waals surface area (Å²) in [4.78, 5) is 16.6. The molecule has 0 spiro atoms. The number of para-hydroxylation sites is 3. The Labute approximate surface area is 167 Å². The number of allylic oxidation sites excluding steroid dienone is 1. The van der Waals surface area contributed by atoms with Crippen LogP contribution in [0.1, 0.15) is 12.2 Å². The lowest BCUT2D eigenvalue weighted by atomic mass is 10.3. The minimum Gasteiger partial charge on any atom is -0.484 e. The number of carbonyl (C=O) groups is 1. The molecule has 0 bridgehead atoms. The van der Waals surface area contributed by atoms with Crippen molar-refractivity contribution in [3.05, 3.63) is 71.5 Å². The predicted octanol–water partition coefficient (Wildman–Crippen LogP) is 4.07. The van der Waals surface area contributed by atoms with Crippen molar-refractivity contribution in [3.63, 3.8) is 0 Å². The summed E-state index contributed by atoms with van der Waals surface area (Å²) in [5, 5.41) is 2.89. The first-order chi connectivity index (χ1) is 13.1. The van der Waals surface area contributed by atoms with Crippen molar-refractivity contribution < 1.29 is 9.53 Å². The molecule has 5 nitrogen and oxygen atoms in total. The second-order valence-electron chi connectivity index (χ2n) is 6.18. The van der Waals surface area contributed by atoms with Crippen molar-refractivity contribution in [2.45, 2.75) is 19.4 Å². The standard InChI is InChI=1S/C21H22BrN3O2/c1-16(22)14-25-19-11-6-5-10-18(19)24-20(25)12-7-13-23-21(26)15-27-17-8-3-2-4-9-17/h2-6,8-11H,1,7,12-15H2,(H,23,26). The zero-order valence-corrected chi connectivity index (χ0v) is 16.6. The number of nitrogens with one attached hydrogen (secondary N) is 1. The van der Waals surface area contributed by atoms with Gasteiger partial charge in [-0.2, -0.15) is 0 Å². The normalized spacial score (nSPS) is 10.7. The monoisotopic (exact) mass is 427 g/mol. The van der Waals surface area contributed by atoms with Crippen LogP contribution in [0.2, 0.25) is 0 Å². The van der Waals surface area contributed by atoms with Crippen LogP contribution in [0.15, 0.2) is 65.7 Å². The van der Waals surface area contributed by atoms with Crippen LogP contribution < -0.4 is 10.1 Å². The van der Waals surface area contributed by atoms with E-state index < -0.39 is 0 Å². The van der Waals surface area contributed by atoms with Gasteiger partial charge in [-0.1, -0.05) is 52.8 Å². The van der Waals surface area contributed by atoms with E-state index in [1.54, 1.807) is 0 Å². The Bertz CT molecular complexity index is 922. The average Bonchev–Trinajstić information content (AvgIpc) is 3.01. The van der Waals surface area contributed by atoms with E-state index in [0.29, 0.717) is 18.8 Å². The maximum atomic E-state index is 11.9. The van der Waals surface area contributed by atoms with Crippen LogP contribution in [-0.4, -0.2) is 28.6 Å². The number of carbonyl (C=O) groups excluding carboxylic acids is 1. The molecule has 0 fully saturated rings. The summed E-state index contributed by atoms with van der Waals surface area (Å²) in [5.41, 5.74) is 2.06. The van der Waals surface area contributed by atoms with Gasteiger partial charge in [-0.15, -0.1) is 0 Å². The van der Waals surface area contributed by atoms with Gasteiger partial charge in [0.2, 0.25) is 0 Å². The fraction of sp³-hybridized carbons (Fsp3) is 0.238. The van der Waals surface area contributed by atoms with E-state index in [1.165, 1.54) is 0 Å². The van der Waals surface area contributed by atoms with Gasteiger partial charge in [0, 0.05) is 17.4 Å². The Morgan fingerprint density at radius 3 is 2.67 bits per heavy atom. The van der Waals surface area contributed by atoms with Crippen LogP contribution in [0, 0.1) is 0 Å². The molecule has 0 saturated heterocycles. The molecule has 0 aliphatic carbocycles. The third-order valence-electron chi connectivity index (χ3n) is 4.08. The molecule has 0 aliphatic rings. The van der Waals surface area contributed by atoms with Gasteiger partial charge < -0.3 is 14.6 Å². The summed E-state index contributed by atoms with van der Waals surface area (Å²) >= 11 is 3.44. The van der Waals surface area contributed by atoms with Crippen LogP contribution in [-0.2, 0) is 17.8 Å². The van der Waals surface area contributed by atoms with E-state index in [4.69, 9.17) is 9.72 Å². The van der Waals surface area contributed by atoms with Crippen LogP contribution in [0.5, 0.6) is 5.75 Å². The highest BCUT2D eigenvalue weighted by Gasteiger charge is 2.11. The molecule has 0 aliphatic heterocycles. The minimum atomic E-state index is -0.124. The van der Waals surface area contributed by atoms with Crippen molar-refractivity contribution in [2.75, 3.05) is 13.2 Å². The molecule has 6 heteroatoms. The number of aromatic nitrogens is 2. The predicted molar refractivity (Wildman–Crippen MR) is 111 cm³/mol. The first-order valence-electron chi connectivity index (χ1n) is 8.85. The molecule has 0 unspecified atom stereocenters. The number of aryl methyl sites for hydroxylation is 1. The van der Waals surface area contributed by atoms with Crippen LogP contribution in [0.4, 0.5) is 0 Å². The fourth-order valence-electron chi connectivity index (χ4n) is 2.86. The molecular weight excluding hydrogens is 406 g/mol. The number of amides is 1. The molecular formula is C21H22BrN3O2. The zero-order valence-electron chi connectivity index (χ0n) is 15.0. The van der Waals surface area contributed by atoms with Gasteiger partial charge in [0.25, 0.3) is 5.91 Å².